The summed E-state index contributed by atoms with van der Waals surface area (Å²) in [6, 6.07) is 4.36. The number of carbonyl (C=O) groups is 1. The molecule has 0 saturated carbocycles. The predicted octanol–water partition coefficient (Wildman–Crippen LogP) is 2.47. The summed E-state index contributed by atoms with van der Waals surface area (Å²) < 4.78 is 33.7. The molecule has 2 heterocycles. The van der Waals surface area contributed by atoms with E-state index in [9.17, 15) is 13.2 Å². The molecule has 0 spiro atoms. The quantitative estimate of drug-likeness (QED) is 0.760. The molecule has 8 nitrogen and oxygen atoms in total. The number of hydrogen-bond donors (Lipinski definition) is 1. The lowest BCUT2D eigenvalue weighted by molar-refractivity contribution is -0.116. The van der Waals surface area contributed by atoms with Crippen LogP contribution in [0.4, 0.5) is 5.69 Å². The summed E-state index contributed by atoms with van der Waals surface area (Å²) in [5.41, 5.74) is 1.65. The molecule has 0 aliphatic carbocycles. The number of sulfonamides is 1. The van der Waals surface area contributed by atoms with Gasteiger partial charge in [0.2, 0.25) is 15.9 Å². The van der Waals surface area contributed by atoms with Crippen molar-refractivity contribution in [3.8, 4) is 0 Å². The van der Waals surface area contributed by atoms with E-state index in [4.69, 9.17) is 27.9 Å². The highest BCUT2D eigenvalue weighted by atomic mass is 35.5. The normalized spacial score (nSPS) is 15.6. The second-order valence-electron chi connectivity index (χ2n) is 6.35. The van der Waals surface area contributed by atoms with Gasteiger partial charge in [0, 0.05) is 18.8 Å². The average molecular weight is 447 g/mol. The molecule has 152 valence electrons. The van der Waals surface area contributed by atoms with Gasteiger partial charge in [0.25, 0.3) is 0 Å². The highest BCUT2D eigenvalue weighted by Gasteiger charge is 2.28. The Balaban J connectivity index is 1.79. The Bertz CT molecular complexity index is 1000. The molecule has 0 bridgehead atoms. The van der Waals surface area contributed by atoms with Gasteiger partial charge >= 0.3 is 0 Å². The van der Waals surface area contributed by atoms with Gasteiger partial charge in [-0.15, -0.1) is 0 Å². The number of aryl methyl sites for hydroxylation is 1. The number of nitrogens with one attached hydrogen (secondary N) is 1. The standard InChI is InChI=1S/C17H20Cl2N4O4S/c1-11-17(19)12(2)23(21-11)10-16(24)20-13-3-4-14(18)15(9-13)28(25,26)22-5-7-27-8-6-22/h3-4,9H,5-8,10H2,1-2H3,(H,20,24). The minimum Gasteiger partial charge on any atom is -0.379 e. The summed E-state index contributed by atoms with van der Waals surface area (Å²) in [6.45, 7) is 4.66. The van der Waals surface area contributed by atoms with Crippen molar-refractivity contribution in [2.75, 3.05) is 31.6 Å². The maximum absolute atomic E-state index is 12.9. The second-order valence-corrected chi connectivity index (χ2v) is 9.04. The van der Waals surface area contributed by atoms with Crippen molar-refractivity contribution >= 4 is 44.8 Å². The number of anilines is 1. The minimum absolute atomic E-state index is 0.0480. The summed E-state index contributed by atoms with van der Waals surface area (Å²) in [6.07, 6.45) is 0. The van der Waals surface area contributed by atoms with E-state index in [1.165, 1.54) is 21.1 Å². The van der Waals surface area contributed by atoms with Gasteiger partial charge in [-0.2, -0.15) is 9.40 Å². The number of benzene rings is 1. The van der Waals surface area contributed by atoms with E-state index in [0.717, 1.165) is 0 Å². The van der Waals surface area contributed by atoms with E-state index >= 15 is 0 Å². The Kier molecular flexibility index (Phi) is 6.31. The lowest BCUT2D eigenvalue weighted by Gasteiger charge is -2.26. The molecule has 2 aromatic rings. The molecule has 1 N–H and O–H groups in total. The van der Waals surface area contributed by atoms with E-state index < -0.39 is 10.0 Å². The van der Waals surface area contributed by atoms with Gasteiger partial charge in [-0.1, -0.05) is 23.2 Å². The summed E-state index contributed by atoms with van der Waals surface area (Å²) in [7, 11) is -3.78. The number of amides is 1. The Hall–Kier alpha value is -1.65. The van der Waals surface area contributed by atoms with Crippen molar-refractivity contribution in [3.05, 3.63) is 39.6 Å². The molecule has 0 atom stereocenters. The zero-order valence-electron chi connectivity index (χ0n) is 15.4. The molecule has 1 aromatic carbocycles. The first-order valence-corrected chi connectivity index (χ1v) is 10.8. The first-order valence-electron chi connectivity index (χ1n) is 8.57. The van der Waals surface area contributed by atoms with E-state index in [1.54, 1.807) is 19.9 Å². The largest absolute Gasteiger partial charge is 0.379 e. The summed E-state index contributed by atoms with van der Waals surface area (Å²) >= 11 is 12.2. The molecule has 3 rings (SSSR count). The average Bonchev–Trinajstić information content (AvgIpc) is 2.90. The lowest BCUT2D eigenvalue weighted by atomic mass is 10.3. The van der Waals surface area contributed by atoms with Crippen LogP contribution in [0.3, 0.4) is 0 Å². The van der Waals surface area contributed by atoms with Crippen LogP contribution in [0, 0.1) is 13.8 Å². The van der Waals surface area contributed by atoms with Crippen LogP contribution in [-0.4, -0.2) is 54.7 Å². The zero-order valence-corrected chi connectivity index (χ0v) is 17.7. The van der Waals surface area contributed by atoms with Crippen LogP contribution in [0.25, 0.3) is 0 Å². The fraction of sp³-hybridized carbons (Fsp3) is 0.412. The number of halogens is 2. The van der Waals surface area contributed by atoms with Crippen LogP contribution in [0.5, 0.6) is 0 Å². The molecule has 1 amide bonds. The van der Waals surface area contributed by atoms with E-state index in [-0.39, 0.29) is 35.5 Å². The molecule has 0 radical (unpaired) electrons. The third-order valence-electron chi connectivity index (χ3n) is 4.39. The van der Waals surface area contributed by atoms with Crippen molar-refractivity contribution in [2.45, 2.75) is 25.3 Å². The van der Waals surface area contributed by atoms with Crippen LogP contribution in [-0.2, 0) is 26.1 Å². The van der Waals surface area contributed by atoms with Gasteiger partial charge in [-0.05, 0) is 32.0 Å². The topological polar surface area (TPSA) is 93.5 Å². The summed E-state index contributed by atoms with van der Waals surface area (Å²) in [4.78, 5) is 12.3. The number of hydrogen-bond acceptors (Lipinski definition) is 5. The number of rotatable bonds is 5. The Morgan fingerprint density at radius 3 is 2.54 bits per heavy atom. The fourth-order valence-corrected chi connectivity index (χ4v) is 4.91. The molecule has 0 unspecified atom stereocenters. The Labute approximate surface area is 173 Å². The van der Waals surface area contributed by atoms with Crippen molar-refractivity contribution < 1.29 is 17.9 Å². The van der Waals surface area contributed by atoms with Crippen LogP contribution >= 0.6 is 23.2 Å². The molecule has 1 aliphatic rings. The number of morpholine rings is 1. The fourth-order valence-electron chi connectivity index (χ4n) is 2.87. The van der Waals surface area contributed by atoms with Gasteiger partial charge in [0.1, 0.15) is 11.4 Å². The van der Waals surface area contributed by atoms with Gasteiger partial charge in [0.15, 0.2) is 0 Å². The maximum Gasteiger partial charge on any atom is 0.246 e. The van der Waals surface area contributed by atoms with Gasteiger partial charge in [-0.3, -0.25) is 9.48 Å². The summed E-state index contributed by atoms with van der Waals surface area (Å²) in [5, 5.41) is 7.50. The third-order valence-corrected chi connectivity index (χ3v) is 7.32. The number of carbonyl (C=O) groups excluding carboxylic acids is 1. The third kappa shape index (κ3) is 4.33. The Morgan fingerprint density at radius 1 is 1.25 bits per heavy atom. The molecule has 1 saturated heterocycles. The molecular weight excluding hydrogens is 427 g/mol. The molecule has 1 fully saturated rings. The summed E-state index contributed by atoms with van der Waals surface area (Å²) in [5.74, 6) is -0.362. The first kappa shape index (κ1) is 21.1. The number of ether oxygens (including phenoxy) is 1. The second kappa shape index (κ2) is 8.38. The van der Waals surface area contributed by atoms with Gasteiger partial charge in [0.05, 0.1) is 34.6 Å². The minimum atomic E-state index is -3.78. The molecular formula is C17H20Cl2N4O4S. The van der Waals surface area contributed by atoms with Gasteiger partial charge < -0.3 is 10.1 Å². The molecule has 28 heavy (non-hydrogen) atoms. The zero-order chi connectivity index (χ0) is 20.5. The Morgan fingerprint density at radius 2 is 1.93 bits per heavy atom. The maximum atomic E-state index is 12.9. The van der Waals surface area contributed by atoms with Gasteiger partial charge in [-0.25, -0.2) is 8.42 Å². The van der Waals surface area contributed by atoms with Crippen LogP contribution < -0.4 is 5.32 Å². The van der Waals surface area contributed by atoms with E-state index in [1.807, 2.05) is 0 Å². The highest BCUT2D eigenvalue weighted by Crippen LogP contribution is 2.28. The van der Waals surface area contributed by atoms with E-state index in [2.05, 4.69) is 10.4 Å². The molecule has 1 aliphatic heterocycles. The first-order chi connectivity index (χ1) is 13.2. The van der Waals surface area contributed by atoms with Crippen molar-refractivity contribution in [2.24, 2.45) is 0 Å². The molecule has 11 heteroatoms. The van der Waals surface area contributed by atoms with E-state index in [0.29, 0.717) is 35.3 Å². The van der Waals surface area contributed by atoms with Crippen molar-refractivity contribution in [1.82, 2.24) is 14.1 Å². The van der Waals surface area contributed by atoms with Crippen LogP contribution in [0.15, 0.2) is 23.1 Å². The smallest absolute Gasteiger partial charge is 0.246 e. The van der Waals surface area contributed by atoms with Crippen molar-refractivity contribution in [3.63, 3.8) is 0 Å². The number of aromatic nitrogens is 2. The highest BCUT2D eigenvalue weighted by molar-refractivity contribution is 7.89. The lowest BCUT2D eigenvalue weighted by Crippen LogP contribution is -2.40. The van der Waals surface area contributed by atoms with Crippen LogP contribution in [0.1, 0.15) is 11.4 Å². The van der Waals surface area contributed by atoms with Crippen molar-refractivity contribution in [1.29, 1.82) is 0 Å². The van der Waals surface area contributed by atoms with Crippen LogP contribution in [0.2, 0.25) is 10.0 Å². The predicted molar refractivity (Wildman–Crippen MR) is 106 cm³/mol. The SMILES string of the molecule is Cc1nn(CC(=O)Nc2ccc(Cl)c(S(=O)(=O)N3CCOCC3)c2)c(C)c1Cl. The number of nitrogens with zero attached hydrogens (tertiary/aromatic N) is 3. The monoisotopic (exact) mass is 446 g/mol. The molecule has 1 aromatic heterocycles.